The van der Waals surface area contributed by atoms with E-state index < -0.39 is 0 Å². The third kappa shape index (κ3) is 3.65. The van der Waals surface area contributed by atoms with Crippen molar-refractivity contribution in [3.8, 4) is 0 Å². The van der Waals surface area contributed by atoms with Gasteiger partial charge in [0.1, 0.15) is 5.69 Å². The number of halogens is 1. The first-order valence-electron chi connectivity index (χ1n) is 11.9. The van der Waals surface area contributed by atoms with Crippen molar-refractivity contribution in [3.63, 3.8) is 0 Å². The maximum absolute atomic E-state index is 6.83. The van der Waals surface area contributed by atoms with E-state index in [1.807, 2.05) is 6.07 Å². The molecule has 3 fully saturated rings. The molecule has 9 heteroatoms. The summed E-state index contributed by atoms with van der Waals surface area (Å²) in [6.07, 6.45) is 4.32. The Labute approximate surface area is 199 Å². The van der Waals surface area contributed by atoms with Crippen molar-refractivity contribution in [2.75, 3.05) is 61.0 Å². The molecule has 1 aromatic carbocycles. The zero-order chi connectivity index (χ0) is 22.4. The largest absolute Gasteiger partial charge is 0.363 e. The molecular weight excluding hydrogens is 436 g/mol. The van der Waals surface area contributed by atoms with Crippen LogP contribution in [0.5, 0.6) is 0 Å². The molecule has 0 radical (unpaired) electrons. The molecule has 2 saturated heterocycles. The van der Waals surface area contributed by atoms with Crippen LogP contribution in [0.1, 0.15) is 31.4 Å². The summed E-state index contributed by atoms with van der Waals surface area (Å²) in [5, 5.41) is 3.87. The van der Waals surface area contributed by atoms with Gasteiger partial charge in [-0.15, -0.1) is 0 Å². The smallest absolute Gasteiger partial charge is 0.229 e. The van der Waals surface area contributed by atoms with Crippen molar-refractivity contribution in [1.29, 1.82) is 0 Å². The fourth-order valence-electron chi connectivity index (χ4n) is 5.10. The average molecular weight is 465 g/mol. The standard InChI is InChI=1S/C24H29ClN8/c1-31(17-7-3-2-4-8-17)24(9-10-24)19-20(25)27-18-21(28-19)29-23(33-15-11-26-12-16-33)30-22(18)32-13-5-6-14-32/h2-4,7-8,26H,5-6,9-16H2,1H3. The fourth-order valence-corrected chi connectivity index (χ4v) is 5.40. The summed E-state index contributed by atoms with van der Waals surface area (Å²) < 4.78 is 0. The van der Waals surface area contributed by atoms with Gasteiger partial charge in [0.25, 0.3) is 0 Å². The van der Waals surface area contributed by atoms with Gasteiger partial charge in [0.2, 0.25) is 5.95 Å². The van der Waals surface area contributed by atoms with E-state index in [9.17, 15) is 0 Å². The van der Waals surface area contributed by atoms with Gasteiger partial charge >= 0.3 is 0 Å². The van der Waals surface area contributed by atoms with Crippen LogP contribution in [-0.4, -0.2) is 66.3 Å². The normalized spacial score (nSPS) is 19.8. The maximum Gasteiger partial charge on any atom is 0.229 e. The Morgan fingerprint density at radius 1 is 0.909 bits per heavy atom. The van der Waals surface area contributed by atoms with E-state index in [-0.39, 0.29) is 5.54 Å². The summed E-state index contributed by atoms with van der Waals surface area (Å²) in [4.78, 5) is 26.7. The Hall–Kier alpha value is -2.71. The molecule has 2 aliphatic heterocycles. The topological polar surface area (TPSA) is 73.3 Å². The highest BCUT2D eigenvalue weighted by Crippen LogP contribution is 2.53. The van der Waals surface area contributed by atoms with Crippen molar-refractivity contribution in [2.45, 2.75) is 31.2 Å². The molecule has 8 nitrogen and oxygen atoms in total. The van der Waals surface area contributed by atoms with Crippen LogP contribution < -0.4 is 20.0 Å². The Morgan fingerprint density at radius 2 is 1.64 bits per heavy atom. The van der Waals surface area contributed by atoms with E-state index in [2.05, 4.69) is 51.3 Å². The zero-order valence-corrected chi connectivity index (χ0v) is 19.7. The van der Waals surface area contributed by atoms with Crippen LogP contribution in [0.4, 0.5) is 17.5 Å². The van der Waals surface area contributed by atoms with E-state index in [4.69, 9.17) is 31.5 Å². The quantitative estimate of drug-likeness (QED) is 0.617. The molecular formula is C24H29ClN8. The summed E-state index contributed by atoms with van der Waals surface area (Å²) in [5.74, 6) is 1.61. The maximum atomic E-state index is 6.83. The number of nitrogens with one attached hydrogen (secondary N) is 1. The molecule has 6 rings (SSSR count). The van der Waals surface area contributed by atoms with Gasteiger partial charge < -0.3 is 20.0 Å². The summed E-state index contributed by atoms with van der Waals surface area (Å²) in [6, 6.07) is 10.4. The molecule has 0 unspecified atom stereocenters. The number of hydrogen-bond donors (Lipinski definition) is 1. The lowest BCUT2D eigenvalue weighted by atomic mass is 10.1. The van der Waals surface area contributed by atoms with E-state index in [1.165, 1.54) is 12.8 Å². The number of aromatic nitrogens is 4. The monoisotopic (exact) mass is 464 g/mol. The molecule has 0 atom stereocenters. The lowest BCUT2D eigenvalue weighted by Gasteiger charge is -2.31. The third-order valence-electron chi connectivity index (χ3n) is 7.21. The third-order valence-corrected chi connectivity index (χ3v) is 7.48. The van der Waals surface area contributed by atoms with Gasteiger partial charge in [-0.3, -0.25) is 0 Å². The Balaban J connectivity index is 1.47. The van der Waals surface area contributed by atoms with Crippen molar-refractivity contribution in [3.05, 3.63) is 41.2 Å². The first-order valence-corrected chi connectivity index (χ1v) is 12.3. The summed E-state index contributed by atoms with van der Waals surface area (Å²) in [5.41, 5.74) is 3.08. The minimum Gasteiger partial charge on any atom is -0.363 e. The molecule has 1 saturated carbocycles. The predicted octanol–water partition coefficient (Wildman–Crippen LogP) is 3.21. The van der Waals surface area contributed by atoms with E-state index in [0.717, 1.165) is 75.3 Å². The molecule has 0 spiro atoms. The summed E-state index contributed by atoms with van der Waals surface area (Å²) >= 11 is 6.83. The van der Waals surface area contributed by atoms with Gasteiger partial charge in [-0.05, 0) is 37.8 Å². The van der Waals surface area contributed by atoms with Gasteiger partial charge in [0.05, 0.1) is 5.54 Å². The lowest BCUT2D eigenvalue weighted by Crippen LogP contribution is -2.44. The Morgan fingerprint density at radius 3 is 2.33 bits per heavy atom. The van der Waals surface area contributed by atoms with E-state index >= 15 is 0 Å². The first-order chi connectivity index (χ1) is 16.2. The molecule has 4 heterocycles. The van der Waals surface area contributed by atoms with Crippen molar-refractivity contribution >= 4 is 40.2 Å². The SMILES string of the molecule is CN(c1ccccc1)C1(c2nc3nc(N4CCNCC4)nc(N4CCCC4)c3nc2Cl)CC1. The molecule has 172 valence electrons. The van der Waals surface area contributed by atoms with Crippen LogP contribution in [0.2, 0.25) is 5.15 Å². The lowest BCUT2D eigenvalue weighted by molar-refractivity contribution is 0.580. The van der Waals surface area contributed by atoms with Crippen LogP contribution in [-0.2, 0) is 5.54 Å². The summed E-state index contributed by atoms with van der Waals surface area (Å²) in [6.45, 7) is 5.61. The summed E-state index contributed by atoms with van der Waals surface area (Å²) in [7, 11) is 2.12. The second-order valence-electron chi connectivity index (χ2n) is 9.24. The number of rotatable bonds is 5. The number of para-hydroxylation sites is 1. The average Bonchev–Trinajstić information content (AvgIpc) is 3.48. The van der Waals surface area contributed by atoms with Crippen LogP contribution in [0.25, 0.3) is 11.2 Å². The molecule has 3 aliphatic rings. The Kier molecular flexibility index (Phi) is 5.22. The molecule has 3 aromatic rings. The number of fused-ring (bicyclic) bond motifs is 1. The number of nitrogens with zero attached hydrogens (tertiary/aromatic N) is 7. The van der Waals surface area contributed by atoms with Crippen LogP contribution >= 0.6 is 11.6 Å². The molecule has 33 heavy (non-hydrogen) atoms. The van der Waals surface area contributed by atoms with E-state index in [1.54, 1.807) is 0 Å². The second kappa shape index (κ2) is 8.25. The molecule has 1 aliphatic carbocycles. The van der Waals surface area contributed by atoms with Gasteiger partial charge in [0, 0.05) is 52.0 Å². The minimum atomic E-state index is -0.242. The highest BCUT2D eigenvalue weighted by atomic mass is 35.5. The number of piperazine rings is 1. The minimum absolute atomic E-state index is 0.242. The molecule has 1 N–H and O–H groups in total. The van der Waals surface area contributed by atoms with Gasteiger partial charge in [-0.1, -0.05) is 29.8 Å². The number of hydrogen-bond acceptors (Lipinski definition) is 8. The number of anilines is 3. The number of benzene rings is 1. The molecule has 0 bridgehead atoms. The molecule has 2 aromatic heterocycles. The van der Waals surface area contributed by atoms with Crippen molar-refractivity contribution in [1.82, 2.24) is 25.3 Å². The fraction of sp³-hybridized carbons (Fsp3) is 0.500. The van der Waals surface area contributed by atoms with Gasteiger partial charge in [0.15, 0.2) is 22.1 Å². The van der Waals surface area contributed by atoms with Crippen LogP contribution in [0, 0.1) is 0 Å². The zero-order valence-electron chi connectivity index (χ0n) is 19.0. The highest BCUT2D eigenvalue weighted by molar-refractivity contribution is 6.30. The van der Waals surface area contributed by atoms with E-state index in [0.29, 0.717) is 16.3 Å². The highest BCUT2D eigenvalue weighted by Gasteiger charge is 2.51. The van der Waals surface area contributed by atoms with Crippen LogP contribution in [0.15, 0.2) is 30.3 Å². The first kappa shape index (κ1) is 20.9. The Bertz CT molecular complexity index is 1150. The van der Waals surface area contributed by atoms with Gasteiger partial charge in [-0.2, -0.15) is 9.97 Å². The second-order valence-corrected chi connectivity index (χ2v) is 9.60. The van der Waals surface area contributed by atoms with Crippen molar-refractivity contribution < 1.29 is 0 Å². The predicted molar refractivity (Wildman–Crippen MR) is 132 cm³/mol. The van der Waals surface area contributed by atoms with Gasteiger partial charge in [-0.25, -0.2) is 9.97 Å². The molecule has 0 amide bonds. The van der Waals surface area contributed by atoms with Crippen molar-refractivity contribution in [2.24, 2.45) is 0 Å². The van der Waals surface area contributed by atoms with Crippen LogP contribution in [0.3, 0.4) is 0 Å².